The van der Waals surface area contributed by atoms with Gasteiger partial charge in [0.2, 0.25) is 0 Å². The Morgan fingerprint density at radius 1 is 1.05 bits per heavy atom. The smallest absolute Gasteiger partial charge is 0.325 e. The van der Waals surface area contributed by atoms with Gasteiger partial charge in [0.25, 0.3) is 5.91 Å². The fraction of sp³-hybridized carbons (Fsp3) is 0.382. The number of carbonyl (C=O) groups is 2. The fourth-order valence-corrected chi connectivity index (χ4v) is 6.05. The van der Waals surface area contributed by atoms with Gasteiger partial charge in [-0.1, -0.05) is 12.1 Å². The number of pyridine rings is 1. The van der Waals surface area contributed by atoms with Crippen LogP contribution in [0.3, 0.4) is 0 Å². The highest BCUT2D eigenvalue weighted by atomic mass is 16.5. The first-order valence-corrected chi connectivity index (χ1v) is 15.2. The molecule has 44 heavy (non-hydrogen) atoms. The molecule has 10 nitrogen and oxygen atoms in total. The average Bonchev–Trinajstić information content (AvgIpc) is 3.38. The average molecular weight is 599 g/mol. The minimum absolute atomic E-state index is 0.175. The number of fused-ring (bicyclic) bond motifs is 1. The maximum Gasteiger partial charge on any atom is 0.325 e. The summed E-state index contributed by atoms with van der Waals surface area (Å²) in [6.45, 7) is 6.10. The van der Waals surface area contributed by atoms with Crippen molar-refractivity contribution in [3.63, 3.8) is 0 Å². The second-order valence-corrected chi connectivity index (χ2v) is 11.2. The topological polar surface area (TPSA) is 112 Å². The minimum atomic E-state index is -0.211. The highest BCUT2D eigenvalue weighted by Crippen LogP contribution is 2.32. The molecule has 232 valence electrons. The maximum atomic E-state index is 13.2. The molecule has 0 bridgehead atoms. The van der Waals surface area contributed by atoms with Gasteiger partial charge in [0.1, 0.15) is 5.82 Å². The Balaban J connectivity index is 1.32. The van der Waals surface area contributed by atoms with Crippen LogP contribution in [0.25, 0.3) is 10.9 Å². The molecule has 0 spiro atoms. The van der Waals surface area contributed by atoms with Crippen LogP contribution in [0.2, 0.25) is 0 Å². The largest absolute Gasteiger partial charge is 0.395 e. The van der Waals surface area contributed by atoms with Gasteiger partial charge in [-0.2, -0.15) is 0 Å². The van der Waals surface area contributed by atoms with E-state index in [-0.39, 0.29) is 18.5 Å². The van der Waals surface area contributed by atoms with Crippen LogP contribution in [-0.2, 0) is 4.74 Å². The molecule has 2 aromatic carbocycles. The number of hydrogen-bond acceptors (Lipinski definition) is 7. The van der Waals surface area contributed by atoms with E-state index in [0.29, 0.717) is 30.5 Å². The lowest BCUT2D eigenvalue weighted by Gasteiger charge is -2.31. The number of nitrogens with zero attached hydrogens (tertiary/aromatic N) is 4. The van der Waals surface area contributed by atoms with Crippen molar-refractivity contribution in [3.05, 3.63) is 83.7 Å². The standard InChI is InChI=1S/C34H42N6O4/c1-24-21-28-22-29(9-10-31(28)40(24)34(43)35-2)39(15-4-20-44-3)30-11-14-36-32(23-30)37-33(42)27-7-5-25(6-8-27)26-12-16-38(17-13-26)18-19-41/h5-11,14,21-23,26,41H,4,12-13,15-20H2,1-3H3,(H,35,43)(H,36,37,42). The first-order valence-electron chi connectivity index (χ1n) is 15.2. The molecule has 1 aliphatic heterocycles. The molecule has 2 aromatic heterocycles. The first kappa shape index (κ1) is 31.2. The van der Waals surface area contributed by atoms with Crippen molar-refractivity contribution in [2.24, 2.45) is 0 Å². The number of benzene rings is 2. The van der Waals surface area contributed by atoms with Gasteiger partial charge in [-0.25, -0.2) is 9.78 Å². The predicted octanol–water partition coefficient (Wildman–Crippen LogP) is 5.13. The van der Waals surface area contributed by atoms with Crippen molar-refractivity contribution in [2.75, 3.05) is 63.8 Å². The van der Waals surface area contributed by atoms with Crippen LogP contribution in [0, 0.1) is 6.92 Å². The molecule has 3 heterocycles. The van der Waals surface area contributed by atoms with Gasteiger partial charge in [0.15, 0.2) is 0 Å². The summed E-state index contributed by atoms with van der Waals surface area (Å²) in [5.74, 6) is 0.722. The Kier molecular flexibility index (Phi) is 10.3. The molecular weight excluding hydrogens is 556 g/mol. The van der Waals surface area contributed by atoms with Gasteiger partial charge >= 0.3 is 6.03 Å². The number of ether oxygens (including phenoxy) is 1. The molecule has 5 rings (SSSR count). The third-order valence-corrected chi connectivity index (χ3v) is 8.37. The Bertz CT molecular complexity index is 1580. The normalized spacial score (nSPS) is 14.1. The van der Waals surface area contributed by atoms with Gasteiger partial charge < -0.3 is 30.3 Å². The first-order chi connectivity index (χ1) is 21.4. The van der Waals surface area contributed by atoms with Crippen molar-refractivity contribution in [1.29, 1.82) is 0 Å². The summed E-state index contributed by atoms with van der Waals surface area (Å²) >= 11 is 0. The molecule has 10 heteroatoms. The lowest BCUT2D eigenvalue weighted by atomic mass is 9.89. The van der Waals surface area contributed by atoms with E-state index in [4.69, 9.17) is 4.74 Å². The molecular formula is C34H42N6O4. The molecule has 0 radical (unpaired) electrons. The molecule has 0 saturated carbocycles. The number of anilines is 3. The Hall–Kier alpha value is -4.25. The number of piperidine rings is 1. The Labute approximate surface area is 258 Å². The molecule has 0 unspecified atom stereocenters. The summed E-state index contributed by atoms with van der Waals surface area (Å²) in [4.78, 5) is 34.5. The number of carbonyl (C=O) groups excluding carboxylic acids is 2. The van der Waals surface area contributed by atoms with Crippen LogP contribution in [0.5, 0.6) is 0 Å². The van der Waals surface area contributed by atoms with Crippen molar-refractivity contribution < 1.29 is 19.4 Å². The minimum Gasteiger partial charge on any atom is -0.395 e. The molecule has 1 saturated heterocycles. The van der Waals surface area contributed by atoms with Crippen LogP contribution in [0.1, 0.15) is 46.8 Å². The number of β-amino-alcohol motifs (C(OH)–C–C–N with tert-alkyl or cyclic N) is 1. The molecule has 0 aliphatic carbocycles. The zero-order valence-corrected chi connectivity index (χ0v) is 25.8. The number of aryl methyl sites for hydroxylation is 1. The summed E-state index contributed by atoms with van der Waals surface area (Å²) < 4.78 is 6.99. The van der Waals surface area contributed by atoms with Crippen LogP contribution in [0.15, 0.2) is 66.9 Å². The summed E-state index contributed by atoms with van der Waals surface area (Å²) in [5.41, 5.74) is 5.36. The number of amides is 2. The zero-order valence-electron chi connectivity index (χ0n) is 25.8. The van der Waals surface area contributed by atoms with E-state index in [1.165, 1.54) is 5.56 Å². The van der Waals surface area contributed by atoms with E-state index in [1.54, 1.807) is 24.9 Å². The van der Waals surface area contributed by atoms with E-state index in [2.05, 4.69) is 43.6 Å². The van der Waals surface area contributed by atoms with Crippen LogP contribution in [-0.4, -0.2) is 85.0 Å². The van der Waals surface area contributed by atoms with Crippen LogP contribution < -0.4 is 15.5 Å². The van der Waals surface area contributed by atoms with Gasteiger partial charge in [-0.05, 0) is 93.2 Å². The predicted molar refractivity (Wildman–Crippen MR) is 174 cm³/mol. The lowest BCUT2D eigenvalue weighted by Crippen LogP contribution is -2.34. The molecule has 1 fully saturated rings. The molecule has 3 N–H and O–H groups in total. The molecule has 0 atom stereocenters. The van der Waals surface area contributed by atoms with Gasteiger partial charge in [0.05, 0.1) is 12.1 Å². The number of aliphatic hydroxyl groups excluding tert-OH is 1. The number of hydrogen-bond donors (Lipinski definition) is 3. The van der Waals surface area contributed by atoms with E-state index >= 15 is 0 Å². The number of likely N-dealkylation sites (tertiary alicyclic amines) is 1. The van der Waals surface area contributed by atoms with Crippen LogP contribution >= 0.6 is 0 Å². The third-order valence-electron chi connectivity index (χ3n) is 8.37. The summed E-state index contributed by atoms with van der Waals surface area (Å²) in [6, 6.07) is 19.5. The quantitative estimate of drug-likeness (QED) is 0.205. The van der Waals surface area contributed by atoms with Gasteiger partial charge in [0, 0.05) is 74.1 Å². The Morgan fingerprint density at radius 3 is 2.50 bits per heavy atom. The number of methoxy groups -OCH3 is 1. The van der Waals surface area contributed by atoms with E-state index in [9.17, 15) is 14.7 Å². The van der Waals surface area contributed by atoms with E-state index in [0.717, 1.165) is 66.9 Å². The molecule has 1 aliphatic rings. The fourth-order valence-electron chi connectivity index (χ4n) is 6.05. The second-order valence-electron chi connectivity index (χ2n) is 11.2. The maximum absolute atomic E-state index is 13.2. The van der Waals surface area contributed by atoms with Gasteiger partial charge in [-0.3, -0.25) is 9.36 Å². The highest BCUT2D eigenvalue weighted by Gasteiger charge is 2.21. The summed E-state index contributed by atoms with van der Waals surface area (Å²) in [7, 11) is 3.31. The highest BCUT2D eigenvalue weighted by molar-refractivity contribution is 6.04. The molecule has 2 amide bonds. The third kappa shape index (κ3) is 7.10. The summed E-state index contributed by atoms with van der Waals surface area (Å²) in [6.07, 6.45) is 4.60. The van der Waals surface area contributed by atoms with Crippen molar-refractivity contribution >= 4 is 40.0 Å². The van der Waals surface area contributed by atoms with Crippen LogP contribution in [0.4, 0.5) is 22.0 Å². The monoisotopic (exact) mass is 598 g/mol. The van der Waals surface area contributed by atoms with E-state index < -0.39 is 0 Å². The SMILES string of the molecule is CNC(=O)n1c(C)cc2cc(N(CCCOC)c3ccnc(NC(=O)c4ccc(C5CCN(CCO)CC5)cc4)c3)ccc21. The number of aliphatic hydroxyl groups is 1. The zero-order chi connectivity index (χ0) is 31.1. The summed E-state index contributed by atoms with van der Waals surface area (Å²) in [5, 5.41) is 15.8. The number of aromatic nitrogens is 2. The second kappa shape index (κ2) is 14.5. The lowest BCUT2D eigenvalue weighted by molar-refractivity contribution is 0.102. The van der Waals surface area contributed by atoms with Gasteiger partial charge in [-0.15, -0.1) is 0 Å². The van der Waals surface area contributed by atoms with Crippen molar-refractivity contribution in [1.82, 2.24) is 19.8 Å². The van der Waals surface area contributed by atoms with Crippen molar-refractivity contribution in [3.8, 4) is 0 Å². The van der Waals surface area contributed by atoms with E-state index in [1.807, 2.05) is 49.4 Å². The molecule has 4 aromatic rings. The number of rotatable bonds is 11. The van der Waals surface area contributed by atoms with Crippen molar-refractivity contribution in [2.45, 2.75) is 32.1 Å². The number of nitrogens with one attached hydrogen (secondary N) is 2. The Morgan fingerprint density at radius 2 is 1.80 bits per heavy atom.